The molecule has 0 bridgehead atoms. The summed E-state index contributed by atoms with van der Waals surface area (Å²) in [6.07, 6.45) is 0.509. The SMILES string of the molecule is CCOC(=O)C(CCOc1cc(OC)cc(OC)c1)NC. The highest BCUT2D eigenvalue weighted by molar-refractivity contribution is 5.75. The predicted octanol–water partition coefficient (Wildman–Crippen LogP) is 1.62. The van der Waals surface area contributed by atoms with Crippen LogP contribution in [0, 0.1) is 0 Å². The van der Waals surface area contributed by atoms with Gasteiger partial charge >= 0.3 is 5.97 Å². The highest BCUT2D eigenvalue weighted by Crippen LogP contribution is 2.27. The van der Waals surface area contributed by atoms with Crippen molar-refractivity contribution in [1.29, 1.82) is 0 Å². The van der Waals surface area contributed by atoms with Gasteiger partial charge < -0.3 is 24.3 Å². The molecule has 0 aliphatic carbocycles. The Morgan fingerprint density at radius 2 is 1.71 bits per heavy atom. The van der Waals surface area contributed by atoms with Gasteiger partial charge in [-0.1, -0.05) is 0 Å². The fourth-order valence-corrected chi connectivity index (χ4v) is 1.78. The molecule has 0 heterocycles. The Morgan fingerprint density at radius 3 is 2.19 bits per heavy atom. The molecule has 1 aromatic rings. The van der Waals surface area contributed by atoms with Crippen LogP contribution in [-0.4, -0.2) is 46.5 Å². The molecule has 21 heavy (non-hydrogen) atoms. The lowest BCUT2D eigenvalue weighted by Crippen LogP contribution is -2.36. The third-order valence-electron chi connectivity index (χ3n) is 2.92. The van der Waals surface area contributed by atoms with Crippen molar-refractivity contribution in [3.8, 4) is 17.2 Å². The molecule has 6 nitrogen and oxygen atoms in total. The van der Waals surface area contributed by atoms with E-state index in [1.807, 2.05) is 0 Å². The lowest BCUT2D eigenvalue weighted by atomic mass is 10.2. The maximum absolute atomic E-state index is 11.6. The van der Waals surface area contributed by atoms with E-state index in [4.69, 9.17) is 18.9 Å². The highest BCUT2D eigenvalue weighted by Gasteiger charge is 2.17. The summed E-state index contributed by atoms with van der Waals surface area (Å²) < 4.78 is 21.0. The zero-order chi connectivity index (χ0) is 15.7. The van der Waals surface area contributed by atoms with E-state index in [9.17, 15) is 4.79 Å². The van der Waals surface area contributed by atoms with Gasteiger partial charge in [0.05, 0.1) is 27.4 Å². The fourth-order valence-electron chi connectivity index (χ4n) is 1.78. The van der Waals surface area contributed by atoms with Crippen molar-refractivity contribution in [1.82, 2.24) is 5.32 Å². The standard InChI is InChI=1S/C15H23NO5/c1-5-20-15(17)14(16-2)6-7-21-13-9-11(18-3)8-12(10-13)19-4/h8-10,14,16H,5-7H2,1-4H3. The molecular formula is C15H23NO5. The first-order valence-corrected chi connectivity index (χ1v) is 6.84. The van der Waals surface area contributed by atoms with Gasteiger partial charge in [0.25, 0.3) is 0 Å². The quantitative estimate of drug-likeness (QED) is 0.699. The summed E-state index contributed by atoms with van der Waals surface area (Å²) in [5, 5.41) is 2.91. The minimum Gasteiger partial charge on any atom is -0.496 e. The number of hydrogen-bond donors (Lipinski definition) is 1. The normalized spacial score (nSPS) is 11.6. The largest absolute Gasteiger partial charge is 0.496 e. The number of nitrogens with one attached hydrogen (secondary N) is 1. The Hall–Kier alpha value is -1.95. The van der Waals surface area contributed by atoms with Crippen molar-refractivity contribution in [2.45, 2.75) is 19.4 Å². The lowest BCUT2D eigenvalue weighted by Gasteiger charge is -2.15. The fraction of sp³-hybridized carbons (Fsp3) is 0.533. The van der Waals surface area contributed by atoms with E-state index in [-0.39, 0.29) is 12.0 Å². The van der Waals surface area contributed by atoms with Crippen LogP contribution in [0.4, 0.5) is 0 Å². The number of carbonyl (C=O) groups is 1. The van der Waals surface area contributed by atoms with Crippen molar-refractivity contribution >= 4 is 5.97 Å². The van der Waals surface area contributed by atoms with Crippen LogP contribution in [0.1, 0.15) is 13.3 Å². The van der Waals surface area contributed by atoms with Crippen LogP contribution in [0.2, 0.25) is 0 Å². The summed E-state index contributed by atoms with van der Waals surface area (Å²) in [6.45, 7) is 2.52. The van der Waals surface area contributed by atoms with Crippen molar-refractivity contribution in [3.05, 3.63) is 18.2 Å². The minimum atomic E-state index is -0.377. The number of carbonyl (C=O) groups excluding carboxylic acids is 1. The summed E-state index contributed by atoms with van der Waals surface area (Å²) in [7, 11) is 4.88. The van der Waals surface area contributed by atoms with Gasteiger partial charge in [0.15, 0.2) is 0 Å². The van der Waals surface area contributed by atoms with Crippen LogP contribution in [0.15, 0.2) is 18.2 Å². The lowest BCUT2D eigenvalue weighted by molar-refractivity contribution is -0.145. The minimum absolute atomic E-state index is 0.271. The zero-order valence-corrected chi connectivity index (χ0v) is 13.0. The van der Waals surface area contributed by atoms with Crippen molar-refractivity contribution in [2.75, 3.05) is 34.5 Å². The average Bonchev–Trinajstić information content (AvgIpc) is 2.51. The van der Waals surface area contributed by atoms with Gasteiger partial charge in [-0.3, -0.25) is 4.79 Å². The number of ether oxygens (including phenoxy) is 4. The number of esters is 1. The van der Waals surface area contributed by atoms with Crippen LogP contribution >= 0.6 is 0 Å². The molecule has 1 atom stereocenters. The summed E-state index contributed by atoms with van der Waals surface area (Å²) in [5.41, 5.74) is 0. The van der Waals surface area contributed by atoms with Gasteiger partial charge in [-0.25, -0.2) is 0 Å². The number of hydrogen-bond acceptors (Lipinski definition) is 6. The Balaban J connectivity index is 2.56. The zero-order valence-electron chi connectivity index (χ0n) is 13.0. The van der Waals surface area contributed by atoms with Crippen LogP contribution in [-0.2, 0) is 9.53 Å². The molecule has 0 saturated heterocycles. The van der Waals surface area contributed by atoms with Gasteiger partial charge in [-0.15, -0.1) is 0 Å². The van der Waals surface area contributed by atoms with Gasteiger partial charge in [0.2, 0.25) is 0 Å². The van der Waals surface area contributed by atoms with Crippen molar-refractivity contribution in [2.24, 2.45) is 0 Å². The number of rotatable bonds is 9. The first kappa shape index (κ1) is 17.1. The molecule has 0 aliphatic heterocycles. The van der Waals surface area contributed by atoms with E-state index in [2.05, 4.69) is 5.32 Å². The molecule has 0 saturated carbocycles. The molecule has 0 spiro atoms. The Labute approximate surface area is 125 Å². The molecular weight excluding hydrogens is 274 g/mol. The molecule has 0 aromatic heterocycles. The van der Waals surface area contributed by atoms with E-state index in [1.54, 1.807) is 46.4 Å². The van der Waals surface area contributed by atoms with Crippen molar-refractivity contribution < 1.29 is 23.7 Å². The first-order valence-electron chi connectivity index (χ1n) is 6.84. The second-order valence-corrected chi connectivity index (χ2v) is 4.28. The molecule has 0 amide bonds. The van der Waals surface area contributed by atoms with Crippen LogP contribution < -0.4 is 19.5 Å². The average molecular weight is 297 g/mol. The maximum Gasteiger partial charge on any atom is 0.323 e. The summed E-state index contributed by atoms with van der Waals surface area (Å²) in [5.74, 6) is 1.66. The Bertz CT molecular complexity index is 427. The van der Waals surface area contributed by atoms with Crippen LogP contribution in [0.25, 0.3) is 0 Å². The molecule has 0 radical (unpaired) electrons. The summed E-state index contributed by atoms with van der Waals surface area (Å²) in [6, 6.07) is 4.92. The second kappa shape index (κ2) is 9.07. The molecule has 118 valence electrons. The van der Waals surface area contributed by atoms with E-state index >= 15 is 0 Å². The number of benzene rings is 1. The molecule has 1 N–H and O–H groups in total. The molecule has 1 unspecified atom stereocenters. The Morgan fingerprint density at radius 1 is 1.14 bits per heavy atom. The number of likely N-dealkylation sites (N-methyl/N-ethyl adjacent to an activating group) is 1. The maximum atomic E-state index is 11.6. The monoisotopic (exact) mass is 297 g/mol. The predicted molar refractivity (Wildman–Crippen MR) is 79.1 cm³/mol. The topological polar surface area (TPSA) is 66.0 Å². The molecule has 0 aliphatic rings. The molecule has 0 fully saturated rings. The van der Waals surface area contributed by atoms with E-state index in [0.717, 1.165) is 0 Å². The third kappa shape index (κ3) is 5.51. The van der Waals surface area contributed by atoms with Gasteiger partial charge in [0, 0.05) is 24.6 Å². The van der Waals surface area contributed by atoms with Gasteiger partial charge in [-0.05, 0) is 14.0 Å². The van der Waals surface area contributed by atoms with E-state index in [0.29, 0.717) is 36.9 Å². The number of methoxy groups -OCH3 is 2. The van der Waals surface area contributed by atoms with Crippen LogP contribution in [0.3, 0.4) is 0 Å². The second-order valence-electron chi connectivity index (χ2n) is 4.28. The molecule has 1 rings (SSSR count). The molecule has 1 aromatic carbocycles. The van der Waals surface area contributed by atoms with Gasteiger partial charge in [-0.2, -0.15) is 0 Å². The van der Waals surface area contributed by atoms with Crippen LogP contribution in [0.5, 0.6) is 17.2 Å². The Kier molecular flexibility index (Phi) is 7.39. The summed E-state index contributed by atoms with van der Waals surface area (Å²) in [4.78, 5) is 11.6. The smallest absolute Gasteiger partial charge is 0.323 e. The van der Waals surface area contributed by atoms with Gasteiger partial charge in [0.1, 0.15) is 23.3 Å². The van der Waals surface area contributed by atoms with Crippen molar-refractivity contribution in [3.63, 3.8) is 0 Å². The van der Waals surface area contributed by atoms with E-state index < -0.39 is 0 Å². The summed E-state index contributed by atoms with van der Waals surface area (Å²) >= 11 is 0. The van der Waals surface area contributed by atoms with E-state index in [1.165, 1.54) is 0 Å². The highest BCUT2D eigenvalue weighted by atomic mass is 16.5. The molecule has 6 heteroatoms. The third-order valence-corrected chi connectivity index (χ3v) is 2.92. The first-order chi connectivity index (χ1) is 10.1.